The summed E-state index contributed by atoms with van der Waals surface area (Å²) in [7, 11) is 1.90. The first-order chi connectivity index (χ1) is 11.4. The lowest BCUT2D eigenvalue weighted by atomic mass is 10.0. The fraction of sp³-hybridized carbons (Fsp3) is 0.294. The molecule has 0 aliphatic rings. The van der Waals surface area contributed by atoms with E-state index < -0.39 is 5.97 Å². The van der Waals surface area contributed by atoms with Gasteiger partial charge in [0.25, 0.3) is 0 Å². The van der Waals surface area contributed by atoms with Crippen molar-refractivity contribution in [3.05, 3.63) is 52.8 Å². The van der Waals surface area contributed by atoms with Gasteiger partial charge in [-0.15, -0.1) is 15.3 Å². The van der Waals surface area contributed by atoms with Crippen LogP contribution in [0.2, 0.25) is 0 Å². The van der Waals surface area contributed by atoms with Crippen molar-refractivity contribution in [2.75, 3.05) is 11.9 Å². The largest absolute Gasteiger partial charge is 0.478 e. The first-order valence-corrected chi connectivity index (χ1v) is 7.64. The minimum atomic E-state index is -1.05. The molecule has 7 nitrogen and oxygen atoms in total. The summed E-state index contributed by atoms with van der Waals surface area (Å²) >= 11 is 0. The van der Waals surface area contributed by atoms with Gasteiger partial charge in [-0.3, -0.25) is 0 Å². The fourth-order valence-electron chi connectivity index (χ4n) is 2.65. The van der Waals surface area contributed by atoms with E-state index in [9.17, 15) is 9.90 Å². The molecular weight excluding hydrogens is 306 g/mol. The summed E-state index contributed by atoms with van der Waals surface area (Å²) in [4.78, 5) is 13.5. The number of aryl methyl sites for hydroxylation is 2. The van der Waals surface area contributed by atoms with Crippen LogP contribution in [0.25, 0.3) is 5.65 Å². The number of carbonyl (C=O) groups is 1. The zero-order chi connectivity index (χ0) is 17.4. The summed E-state index contributed by atoms with van der Waals surface area (Å²) in [5.41, 5.74) is 2.65. The fourth-order valence-corrected chi connectivity index (χ4v) is 2.65. The summed E-state index contributed by atoms with van der Waals surface area (Å²) in [6.07, 6.45) is 0. The van der Waals surface area contributed by atoms with Gasteiger partial charge in [0.05, 0.1) is 6.04 Å². The second-order valence-corrected chi connectivity index (χ2v) is 5.91. The van der Waals surface area contributed by atoms with Gasteiger partial charge in [-0.2, -0.15) is 4.52 Å². The van der Waals surface area contributed by atoms with Gasteiger partial charge in [-0.1, -0.05) is 29.8 Å². The third-order valence-corrected chi connectivity index (χ3v) is 4.21. The Morgan fingerprint density at radius 1 is 1.25 bits per heavy atom. The topological polar surface area (TPSA) is 83.6 Å². The summed E-state index contributed by atoms with van der Waals surface area (Å²) in [6, 6.07) is 9.80. The number of anilines is 1. The van der Waals surface area contributed by atoms with E-state index in [4.69, 9.17) is 0 Å². The number of carboxylic acids is 1. The monoisotopic (exact) mass is 325 g/mol. The van der Waals surface area contributed by atoms with Crippen molar-refractivity contribution in [1.29, 1.82) is 0 Å². The maximum absolute atomic E-state index is 11.6. The Morgan fingerprint density at radius 3 is 2.67 bits per heavy atom. The molecule has 2 aromatic heterocycles. The van der Waals surface area contributed by atoms with Gasteiger partial charge in [0.1, 0.15) is 5.56 Å². The molecule has 0 amide bonds. The number of nitrogens with zero attached hydrogens (tertiary/aromatic N) is 5. The van der Waals surface area contributed by atoms with Crippen molar-refractivity contribution in [3.63, 3.8) is 0 Å². The van der Waals surface area contributed by atoms with Crippen LogP contribution in [-0.2, 0) is 0 Å². The molecule has 0 fully saturated rings. The van der Waals surface area contributed by atoms with E-state index in [1.54, 1.807) is 6.92 Å². The average molecular weight is 325 g/mol. The van der Waals surface area contributed by atoms with Gasteiger partial charge in [-0.25, -0.2) is 4.79 Å². The maximum atomic E-state index is 11.6. The zero-order valence-corrected chi connectivity index (χ0v) is 14.1. The predicted molar refractivity (Wildman–Crippen MR) is 90.5 cm³/mol. The Hall–Kier alpha value is -2.96. The van der Waals surface area contributed by atoms with Crippen molar-refractivity contribution in [2.24, 2.45) is 0 Å². The Morgan fingerprint density at radius 2 is 2.00 bits per heavy atom. The van der Waals surface area contributed by atoms with Gasteiger partial charge < -0.3 is 10.0 Å². The van der Waals surface area contributed by atoms with Gasteiger partial charge >= 0.3 is 5.97 Å². The molecule has 0 bridgehead atoms. The molecule has 0 aliphatic heterocycles. The maximum Gasteiger partial charge on any atom is 0.339 e. The van der Waals surface area contributed by atoms with Crippen LogP contribution >= 0.6 is 0 Å². The average Bonchev–Trinajstić information content (AvgIpc) is 2.93. The van der Waals surface area contributed by atoms with E-state index >= 15 is 0 Å². The molecule has 24 heavy (non-hydrogen) atoms. The second-order valence-electron chi connectivity index (χ2n) is 5.91. The van der Waals surface area contributed by atoms with Crippen molar-refractivity contribution < 1.29 is 9.90 Å². The number of aromatic nitrogens is 4. The lowest BCUT2D eigenvalue weighted by Gasteiger charge is -2.26. The minimum absolute atomic E-state index is 0.0354. The molecule has 1 unspecified atom stereocenters. The number of benzene rings is 1. The van der Waals surface area contributed by atoms with Crippen LogP contribution in [0.1, 0.15) is 40.3 Å². The van der Waals surface area contributed by atoms with E-state index in [1.807, 2.05) is 31.0 Å². The van der Waals surface area contributed by atoms with Gasteiger partial charge in [-0.05, 0) is 26.3 Å². The Balaban J connectivity index is 2.07. The van der Waals surface area contributed by atoms with Crippen LogP contribution in [0.15, 0.2) is 30.3 Å². The van der Waals surface area contributed by atoms with Crippen LogP contribution in [-0.4, -0.2) is 37.9 Å². The van der Waals surface area contributed by atoms with Crippen molar-refractivity contribution in [2.45, 2.75) is 26.8 Å². The van der Waals surface area contributed by atoms with E-state index in [1.165, 1.54) is 16.1 Å². The van der Waals surface area contributed by atoms with Crippen molar-refractivity contribution in [3.8, 4) is 0 Å². The summed E-state index contributed by atoms with van der Waals surface area (Å²) < 4.78 is 1.47. The zero-order valence-electron chi connectivity index (χ0n) is 14.1. The molecule has 0 aliphatic carbocycles. The molecule has 1 N–H and O–H groups in total. The number of hydrogen-bond acceptors (Lipinski definition) is 5. The Bertz CT molecular complexity index is 918. The number of rotatable bonds is 4. The molecule has 3 rings (SSSR count). The highest BCUT2D eigenvalue weighted by Gasteiger charge is 2.20. The number of aromatic carboxylic acids is 1. The Labute approximate surface area is 139 Å². The Kier molecular flexibility index (Phi) is 3.92. The third kappa shape index (κ3) is 2.68. The van der Waals surface area contributed by atoms with Crippen LogP contribution in [0.4, 0.5) is 5.82 Å². The van der Waals surface area contributed by atoms with Gasteiger partial charge in [0.2, 0.25) is 0 Å². The minimum Gasteiger partial charge on any atom is -0.478 e. The van der Waals surface area contributed by atoms with E-state index in [2.05, 4.69) is 34.4 Å². The third-order valence-electron chi connectivity index (χ3n) is 4.21. The van der Waals surface area contributed by atoms with E-state index in [0.717, 1.165) is 5.56 Å². The summed E-state index contributed by atoms with van der Waals surface area (Å²) in [6.45, 7) is 5.84. The van der Waals surface area contributed by atoms with Crippen molar-refractivity contribution >= 4 is 17.4 Å². The molecule has 0 radical (unpaired) electrons. The quantitative estimate of drug-likeness (QED) is 0.794. The highest BCUT2D eigenvalue weighted by molar-refractivity contribution is 5.95. The molecule has 2 heterocycles. The van der Waals surface area contributed by atoms with Crippen LogP contribution in [0.5, 0.6) is 0 Å². The predicted octanol–water partition coefficient (Wildman–Crippen LogP) is 2.64. The SMILES string of the molecule is Cc1cccc(C(C)N(C)c2cc(C(=O)O)c3nnc(C)n3n2)c1. The van der Waals surface area contributed by atoms with Gasteiger partial charge in [0.15, 0.2) is 17.3 Å². The number of fused-ring (bicyclic) bond motifs is 1. The molecule has 0 saturated heterocycles. The first kappa shape index (κ1) is 15.9. The first-order valence-electron chi connectivity index (χ1n) is 7.64. The standard InChI is InChI=1S/C17H19N5O2/c1-10-6-5-7-13(8-10)11(2)21(4)15-9-14(17(23)24)16-19-18-12(3)22(16)20-15/h5-9,11H,1-4H3,(H,23,24). The van der Waals surface area contributed by atoms with Crippen molar-refractivity contribution in [1.82, 2.24) is 19.8 Å². The highest BCUT2D eigenvalue weighted by Crippen LogP contribution is 2.26. The molecule has 3 aromatic rings. The lowest BCUT2D eigenvalue weighted by molar-refractivity contribution is 0.0698. The number of hydrogen-bond donors (Lipinski definition) is 1. The molecule has 0 spiro atoms. The normalized spacial score (nSPS) is 12.3. The molecule has 0 saturated carbocycles. The van der Waals surface area contributed by atoms with E-state index in [-0.39, 0.29) is 17.3 Å². The van der Waals surface area contributed by atoms with Gasteiger partial charge in [0, 0.05) is 13.1 Å². The molecule has 7 heteroatoms. The summed E-state index contributed by atoms with van der Waals surface area (Å²) in [5.74, 6) is 0.0513. The molecule has 1 atom stereocenters. The molecule has 124 valence electrons. The highest BCUT2D eigenvalue weighted by atomic mass is 16.4. The van der Waals surface area contributed by atoms with Crippen LogP contribution in [0.3, 0.4) is 0 Å². The number of carboxylic acid groups (broad SMARTS) is 1. The summed E-state index contributed by atoms with van der Waals surface area (Å²) in [5, 5.41) is 21.8. The van der Waals surface area contributed by atoms with Crippen LogP contribution < -0.4 is 4.90 Å². The lowest BCUT2D eigenvalue weighted by Crippen LogP contribution is -2.24. The van der Waals surface area contributed by atoms with Crippen LogP contribution in [0, 0.1) is 13.8 Å². The molecular formula is C17H19N5O2. The van der Waals surface area contributed by atoms with E-state index in [0.29, 0.717) is 11.6 Å². The smallest absolute Gasteiger partial charge is 0.339 e. The molecule has 1 aromatic carbocycles. The second kappa shape index (κ2) is 5.92.